The Labute approximate surface area is 157 Å². The van der Waals surface area contributed by atoms with Gasteiger partial charge in [-0.1, -0.05) is 12.1 Å². The highest BCUT2D eigenvalue weighted by Gasteiger charge is 2.15. The smallest absolute Gasteiger partial charge is 0.246 e. The summed E-state index contributed by atoms with van der Waals surface area (Å²) in [7, 11) is 3.42. The van der Waals surface area contributed by atoms with Crippen LogP contribution in [0.5, 0.6) is 5.75 Å². The Morgan fingerprint density at radius 1 is 1.22 bits per heavy atom. The highest BCUT2D eigenvalue weighted by molar-refractivity contribution is 6.00. The number of furan rings is 1. The van der Waals surface area contributed by atoms with E-state index in [2.05, 4.69) is 0 Å². The lowest BCUT2D eigenvalue weighted by atomic mass is 9.99. The quantitative estimate of drug-likeness (QED) is 0.587. The standard InChI is InChI=1S/C22H22FNO3/c1-5-26-20-12-21-18(11-17(20)14(2)10-22(25)24(3)4)19(13-27-21)15-6-8-16(23)9-7-15/h6-13H,5H2,1-4H3/b14-10+. The van der Waals surface area contributed by atoms with E-state index in [0.29, 0.717) is 17.9 Å². The number of hydrogen-bond acceptors (Lipinski definition) is 3. The number of nitrogens with zero attached hydrogens (tertiary/aromatic N) is 1. The van der Waals surface area contributed by atoms with Crippen molar-refractivity contribution in [2.75, 3.05) is 20.7 Å². The van der Waals surface area contributed by atoms with Crippen molar-refractivity contribution in [3.05, 3.63) is 60.1 Å². The monoisotopic (exact) mass is 367 g/mol. The number of amides is 1. The third kappa shape index (κ3) is 3.87. The second kappa shape index (κ2) is 7.66. The summed E-state index contributed by atoms with van der Waals surface area (Å²) in [6.45, 7) is 4.28. The van der Waals surface area contributed by atoms with Gasteiger partial charge in [-0.25, -0.2) is 4.39 Å². The van der Waals surface area contributed by atoms with E-state index in [1.165, 1.54) is 17.0 Å². The Morgan fingerprint density at radius 2 is 1.93 bits per heavy atom. The van der Waals surface area contributed by atoms with E-state index in [1.54, 1.807) is 38.6 Å². The van der Waals surface area contributed by atoms with Gasteiger partial charge in [0, 0.05) is 42.8 Å². The van der Waals surface area contributed by atoms with Crippen molar-refractivity contribution in [1.29, 1.82) is 0 Å². The number of carbonyl (C=O) groups is 1. The molecule has 0 N–H and O–H groups in total. The van der Waals surface area contributed by atoms with Crippen LogP contribution >= 0.6 is 0 Å². The van der Waals surface area contributed by atoms with Crippen LogP contribution in [0.4, 0.5) is 4.39 Å². The molecule has 2 aromatic carbocycles. The van der Waals surface area contributed by atoms with Crippen molar-refractivity contribution in [3.8, 4) is 16.9 Å². The Bertz CT molecular complexity index is 1000. The minimum absolute atomic E-state index is 0.0963. The van der Waals surface area contributed by atoms with Gasteiger partial charge < -0.3 is 14.1 Å². The maximum atomic E-state index is 13.3. The molecule has 27 heavy (non-hydrogen) atoms. The molecule has 4 nitrogen and oxygen atoms in total. The van der Waals surface area contributed by atoms with Crippen LogP contribution in [0.25, 0.3) is 27.7 Å². The van der Waals surface area contributed by atoms with E-state index in [4.69, 9.17) is 9.15 Å². The lowest BCUT2D eigenvalue weighted by Crippen LogP contribution is -2.19. The zero-order valence-corrected chi connectivity index (χ0v) is 15.9. The summed E-state index contributed by atoms with van der Waals surface area (Å²) in [5.74, 6) is 0.276. The van der Waals surface area contributed by atoms with Crippen molar-refractivity contribution in [3.63, 3.8) is 0 Å². The Morgan fingerprint density at radius 3 is 2.56 bits per heavy atom. The maximum Gasteiger partial charge on any atom is 0.246 e. The summed E-state index contributed by atoms with van der Waals surface area (Å²) >= 11 is 0. The van der Waals surface area contributed by atoms with Crippen LogP contribution in [0.15, 0.2) is 53.2 Å². The normalized spacial score (nSPS) is 11.7. The molecule has 0 aliphatic heterocycles. The molecule has 0 atom stereocenters. The average molecular weight is 367 g/mol. The third-order valence-electron chi connectivity index (χ3n) is 4.34. The van der Waals surface area contributed by atoms with E-state index >= 15 is 0 Å². The van der Waals surface area contributed by atoms with Gasteiger partial charge in [-0.2, -0.15) is 0 Å². The van der Waals surface area contributed by atoms with E-state index in [-0.39, 0.29) is 11.7 Å². The molecular weight excluding hydrogens is 345 g/mol. The third-order valence-corrected chi connectivity index (χ3v) is 4.34. The lowest BCUT2D eigenvalue weighted by Gasteiger charge is -2.13. The van der Waals surface area contributed by atoms with Crippen LogP contribution in [0.3, 0.4) is 0 Å². The first-order chi connectivity index (χ1) is 12.9. The molecule has 0 aliphatic carbocycles. The largest absolute Gasteiger partial charge is 0.493 e. The molecule has 0 radical (unpaired) electrons. The molecule has 1 amide bonds. The fraction of sp³-hybridized carbons (Fsp3) is 0.227. The number of benzene rings is 2. The lowest BCUT2D eigenvalue weighted by molar-refractivity contribution is -0.123. The van der Waals surface area contributed by atoms with Crippen molar-refractivity contribution >= 4 is 22.4 Å². The summed E-state index contributed by atoms with van der Waals surface area (Å²) in [6, 6.07) is 10.1. The highest BCUT2D eigenvalue weighted by Crippen LogP contribution is 2.37. The minimum atomic E-state index is -0.285. The van der Waals surface area contributed by atoms with Crippen LogP contribution in [-0.2, 0) is 4.79 Å². The maximum absolute atomic E-state index is 13.3. The molecule has 0 saturated carbocycles. The fourth-order valence-electron chi connectivity index (χ4n) is 2.88. The molecular formula is C22H22FNO3. The SMILES string of the molecule is CCOc1cc2occ(-c3ccc(F)cc3)c2cc1/C(C)=C/C(=O)N(C)C. The first-order valence-corrected chi connectivity index (χ1v) is 8.74. The predicted octanol–water partition coefficient (Wildman–Crippen LogP) is 5.13. The molecule has 0 unspecified atom stereocenters. The first-order valence-electron chi connectivity index (χ1n) is 8.74. The molecule has 0 bridgehead atoms. The van der Waals surface area contributed by atoms with Gasteiger partial charge in [-0.05, 0) is 43.2 Å². The zero-order chi connectivity index (χ0) is 19.6. The van der Waals surface area contributed by atoms with Crippen molar-refractivity contribution in [2.45, 2.75) is 13.8 Å². The van der Waals surface area contributed by atoms with Crippen LogP contribution < -0.4 is 4.74 Å². The molecule has 0 saturated heterocycles. The molecule has 140 valence electrons. The first kappa shape index (κ1) is 18.7. The summed E-state index contributed by atoms with van der Waals surface area (Å²) in [6.07, 6.45) is 3.24. The van der Waals surface area contributed by atoms with Gasteiger partial charge in [-0.15, -0.1) is 0 Å². The van der Waals surface area contributed by atoms with Crippen LogP contribution in [0.1, 0.15) is 19.4 Å². The van der Waals surface area contributed by atoms with Crippen LogP contribution in [-0.4, -0.2) is 31.5 Å². The van der Waals surface area contributed by atoms with Gasteiger partial charge in [0.15, 0.2) is 0 Å². The Hall–Kier alpha value is -3.08. The van der Waals surface area contributed by atoms with Gasteiger partial charge in [0.2, 0.25) is 5.91 Å². The van der Waals surface area contributed by atoms with Crippen molar-refractivity contribution in [2.24, 2.45) is 0 Å². The van der Waals surface area contributed by atoms with Crippen molar-refractivity contribution in [1.82, 2.24) is 4.90 Å². The molecule has 1 heterocycles. The second-order valence-corrected chi connectivity index (χ2v) is 6.49. The van der Waals surface area contributed by atoms with Crippen molar-refractivity contribution < 1.29 is 18.3 Å². The number of carbonyl (C=O) groups excluding carboxylic acids is 1. The second-order valence-electron chi connectivity index (χ2n) is 6.49. The molecule has 5 heteroatoms. The fourth-order valence-corrected chi connectivity index (χ4v) is 2.88. The van der Waals surface area contributed by atoms with Gasteiger partial charge in [0.1, 0.15) is 17.1 Å². The van der Waals surface area contributed by atoms with E-state index in [9.17, 15) is 9.18 Å². The minimum Gasteiger partial charge on any atom is -0.493 e. The molecule has 0 spiro atoms. The number of hydrogen-bond donors (Lipinski definition) is 0. The number of halogens is 1. The summed E-state index contributed by atoms with van der Waals surface area (Å²) < 4.78 is 24.7. The van der Waals surface area contributed by atoms with E-state index in [1.807, 2.05) is 26.0 Å². The molecule has 0 aliphatic rings. The zero-order valence-electron chi connectivity index (χ0n) is 15.9. The summed E-state index contributed by atoms with van der Waals surface area (Å²) in [5, 5.41) is 0.880. The van der Waals surface area contributed by atoms with E-state index < -0.39 is 0 Å². The van der Waals surface area contributed by atoms with Gasteiger partial charge in [-0.3, -0.25) is 4.79 Å². The summed E-state index contributed by atoms with van der Waals surface area (Å²) in [5.41, 5.74) is 4.01. The Balaban J connectivity index is 2.16. The van der Waals surface area contributed by atoms with Crippen LogP contribution in [0.2, 0.25) is 0 Å². The number of likely N-dealkylation sites (N-methyl/N-ethyl adjacent to an activating group) is 1. The predicted molar refractivity (Wildman–Crippen MR) is 105 cm³/mol. The molecule has 3 rings (SSSR count). The topological polar surface area (TPSA) is 42.7 Å². The molecule has 0 fully saturated rings. The van der Waals surface area contributed by atoms with Gasteiger partial charge >= 0.3 is 0 Å². The average Bonchev–Trinajstić information content (AvgIpc) is 3.04. The highest BCUT2D eigenvalue weighted by atomic mass is 19.1. The number of ether oxygens (including phenoxy) is 1. The Kier molecular flexibility index (Phi) is 5.31. The van der Waals surface area contributed by atoms with Gasteiger partial charge in [0.05, 0.1) is 12.9 Å². The number of fused-ring (bicyclic) bond motifs is 1. The molecule has 1 aromatic heterocycles. The van der Waals surface area contributed by atoms with Gasteiger partial charge in [0.25, 0.3) is 0 Å². The van der Waals surface area contributed by atoms with Crippen LogP contribution in [0, 0.1) is 5.82 Å². The summed E-state index contributed by atoms with van der Waals surface area (Å²) in [4.78, 5) is 13.6. The number of rotatable bonds is 5. The number of allylic oxidation sites excluding steroid dienone is 1. The molecule has 3 aromatic rings. The van der Waals surface area contributed by atoms with E-state index in [0.717, 1.165) is 27.6 Å².